The molecule has 0 saturated heterocycles. The van der Waals surface area contributed by atoms with Gasteiger partial charge in [0.05, 0.1) is 18.6 Å². The van der Waals surface area contributed by atoms with Gasteiger partial charge in [-0.15, -0.1) is 0 Å². The van der Waals surface area contributed by atoms with Crippen molar-refractivity contribution < 1.29 is 18.9 Å². The summed E-state index contributed by atoms with van der Waals surface area (Å²) >= 11 is 0. The van der Waals surface area contributed by atoms with E-state index >= 15 is 0 Å². The average Bonchev–Trinajstić information content (AvgIpc) is 3.00. The van der Waals surface area contributed by atoms with E-state index in [-0.39, 0.29) is 18.1 Å². The summed E-state index contributed by atoms with van der Waals surface area (Å²) in [5.74, 6) is 0.510. The molecule has 1 atom stereocenters. The largest absolute Gasteiger partial charge is 0.493 e. The van der Waals surface area contributed by atoms with Gasteiger partial charge in [0.1, 0.15) is 11.3 Å². The van der Waals surface area contributed by atoms with Crippen LogP contribution in [0.2, 0.25) is 0 Å². The molecule has 45 heavy (non-hydrogen) atoms. The molecule has 5 heteroatoms. The summed E-state index contributed by atoms with van der Waals surface area (Å²) in [6.45, 7) is 13.6. The molecule has 0 fully saturated rings. The van der Waals surface area contributed by atoms with E-state index in [0.717, 1.165) is 24.8 Å². The van der Waals surface area contributed by atoms with Crippen LogP contribution in [0.4, 0.5) is 0 Å². The number of unbranched alkanes of at least 4 members (excludes halogenated alkanes) is 11. The number of aromatic nitrogens is 1. The smallest absolute Gasteiger partial charge is 0.225 e. The lowest BCUT2D eigenvalue weighted by Gasteiger charge is -2.33. The highest BCUT2D eigenvalue weighted by Crippen LogP contribution is 2.28. The maximum absolute atomic E-state index is 13.5. The van der Waals surface area contributed by atoms with E-state index in [0.29, 0.717) is 24.5 Å². The highest BCUT2D eigenvalue weighted by Gasteiger charge is 2.36. The van der Waals surface area contributed by atoms with Gasteiger partial charge in [-0.1, -0.05) is 107 Å². The number of amides is 1. The molecule has 0 aliphatic heterocycles. The number of hydrogen-bond acceptors (Lipinski definition) is 3. The van der Waals surface area contributed by atoms with Crippen molar-refractivity contribution in [3.63, 3.8) is 0 Å². The fourth-order valence-electron chi connectivity index (χ4n) is 6.21. The van der Waals surface area contributed by atoms with Gasteiger partial charge in [-0.05, 0) is 64.3 Å². The summed E-state index contributed by atoms with van der Waals surface area (Å²) < 4.78 is 8.22. The number of aryl methyl sites for hydroxylation is 2. The van der Waals surface area contributed by atoms with Crippen LogP contribution in [0.5, 0.6) is 5.75 Å². The Balaban J connectivity index is 1.50. The number of pyridine rings is 1. The lowest BCUT2D eigenvalue weighted by molar-refractivity contribution is -0.703. The van der Waals surface area contributed by atoms with E-state index in [1.165, 1.54) is 86.5 Å². The molecule has 2 aromatic rings. The fourth-order valence-corrected chi connectivity index (χ4v) is 6.21. The van der Waals surface area contributed by atoms with Gasteiger partial charge in [-0.3, -0.25) is 9.59 Å². The molecule has 0 radical (unpaired) electrons. The van der Waals surface area contributed by atoms with Crippen LogP contribution in [-0.2, 0) is 17.8 Å². The summed E-state index contributed by atoms with van der Waals surface area (Å²) in [7, 11) is 0. The van der Waals surface area contributed by atoms with Crippen LogP contribution < -0.4 is 14.6 Å². The zero-order chi connectivity index (χ0) is 32.7. The topological polar surface area (TPSA) is 59.3 Å². The number of Topliss-reactive ketones (excluding diaryl/α,β-unsaturated/α-hetero) is 1. The molecule has 1 unspecified atom stereocenters. The zero-order valence-corrected chi connectivity index (χ0v) is 29.1. The minimum atomic E-state index is -0.520. The quantitative estimate of drug-likeness (QED) is 0.0918. The van der Waals surface area contributed by atoms with Gasteiger partial charge in [0.15, 0.2) is 24.7 Å². The molecule has 0 spiro atoms. The molecule has 0 bridgehead atoms. The average molecular weight is 616 g/mol. The van der Waals surface area contributed by atoms with Crippen molar-refractivity contribution in [1.29, 1.82) is 0 Å². The minimum absolute atomic E-state index is 0.0454. The Hall–Kier alpha value is -3.21. The number of carbonyl (C=O) groups excluding carboxylic acids is 2. The summed E-state index contributed by atoms with van der Waals surface area (Å²) in [6.07, 6.45) is 25.0. The Morgan fingerprint density at radius 2 is 1.51 bits per heavy atom. The molecular formula is C40H59N2O3+. The number of benzene rings is 1. The number of ether oxygens (including phenoxy) is 1. The second-order valence-electron chi connectivity index (χ2n) is 13.5. The van der Waals surface area contributed by atoms with Crippen molar-refractivity contribution >= 4 is 11.7 Å². The number of rotatable bonds is 20. The molecule has 1 heterocycles. The lowest BCUT2D eigenvalue weighted by atomic mass is 9.83. The molecular weight excluding hydrogens is 556 g/mol. The highest BCUT2D eigenvalue weighted by molar-refractivity contribution is 5.97. The number of nitrogens with zero attached hydrogens (tertiary/aromatic N) is 1. The van der Waals surface area contributed by atoms with E-state index in [2.05, 4.69) is 75.1 Å². The Bertz CT molecular complexity index is 1320. The van der Waals surface area contributed by atoms with E-state index in [4.69, 9.17) is 4.74 Å². The molecule has 3 rings (SSSR count). The summed E-state index contributed by atoms with van der Waals surface area (Å²) in [6, 6.07) is 7.73. The van der Waals surface area contributed by atoms with Gasteiger partial charge in [0.25, 0.3) is 0 Å². The van der Waals surface area contributed by atoms with E-state index in [9.17, 15) is 9.59 Å². The van der Waals surface area contributed by atoms with Gasteiger partial charge in [0.2, 0.25) is 5.91 Å². The predicted molar refractivity (Wildman–Crippen MR) is 186 cm³/mol. The van der Waals surface area contributed by atoms with Crippen LogP contribution in [0.1, 0.15) is 138 Å². The van der Waals surface area contributed by atoms with Gasteiger partial charge in [-0.2, -0.15) is 0 Å². The van der Waals surface area contributed by atoms with Gasteiger partial charge in [-0.25, -0.2) is 4.57 Å². The van der Waals surface area contributed by atoms with E-state index < -0.39 is 5.54 Å². The minimum Gasteiger partial charge on any atom is -0.493 e. The third-order valence-corrected chi connectivity index (χ3v) is 9.30. The maximum atomic E-state index is 13.5. The second kappa shape index (κ2) is 18.7. The molecule has 1 amide bonds. The first-order valence-electron chi connectivity index (χ1n) is 17.5. The van der Waals surface area contributed by atoms with E-state index in [1.54, 1.807) is 6.92 Å². The Morgan fingerprint density at radius 1 is 0.867 bits per heavy atom. The summed E-state index contributed by atoms with van der Waals surface area (Å²) in [5.41, 5.74) is 5.83. The van der Waals surface area contributed by atoms with Crippen molar-refractivity contribution in [2.75, 3.05) is 6.61 Å². The van der Waals surface area contributed by atoms with Crippen molar-refractivity contribution in [2.45, 2.75) is 144 Å². The van der Waals surface area contributed by atoms with Crippen molar-refractivity contribution in [1.82, 2.24) is 5.32 Å². The van der Waals surface area contributed by atoms with Crippen LogP contribution in [0.3, 0.4) is 0 Å². The van der Waals surface area contributed by atoms with Gasteiger partial charge in [0, 0.05) is 18.1 Å². The van der Waals surface area contributed by atoms with Crippen LogP contribution in [0.25, 0.3) is 0 Å². The number of ketones is 1. The van der Waals surface area contributed by atoms with Crippen molar-refractivity contribution in [2.24, 2.45) is 0 Å². The van der Waals surface area contributed by atoms with Crippen molar-refractivity contribution in [3.05, 3.63) is 82.2 Å². The SMILES string of the molecule is CCCCCCCCCCCCCCOc1ccc(CC(=O)NC2(C[n+]3ccc(C)c(C)c3)C=CC(C)=C(C)C2)cc1C(C)=O. The van der Waals surface area contributed by atoms with Crippen molar-refractivity contribution in [3.8, 4) is 5.75 Å². The normalized spacial score (nSPS) is 16.2. The third kappa shape index (κ3) is 12.2. The fraction of sp³-hybridized carbons (Fsp3) is 0.575. The molecule has 1 aliphatic carbocycles. The first-order valence-corrected chi connectivity index (χ1v) is 17.5. The Kier molecular flexibility index (Phi) is 15.1. The van der Waals surface area contributed by atoms with Gasteiger partial charge >= 0.3 is 0 Å². The molecule has 1 aromatic carbocycles. The van der Waals surface area contributed by atoms with Crippen LogP contribution in [-0.4, -0.2) is 23.8 Å². The molecule has 5 nitrogen and oxygen atoms in total. The second-order valence-corrected chi connectivity index (χ2v) is 13.5. The summed E-state index contributed by atoms with van der Waals surface area (Å²) in [4.78, 5) is 26.0. The number of nitrogens with one attached hydrogen (secondary N) is 1. The van der Waals surface area contributed by atoms with Crippen LogP contribution >= 0.6 is 0 Å². The van der Waals surface area contributed by atoms with E-state index in [1.807, 2.05) is 18.2 Å². The predicted octanol–water partition coefficient (Wildman–Crippen LogP) is 9.27. The molecule has 246 valence electrons. The lowest BCUT2D eigenvalue weighted by Crippen LogP contribution is -2.57. The number of hydrogen-bond donors (Lipinski definition) is 1. The zero-order valence-electron chi connectivity index (χ0n) is 29.1. The first-order chi connectivity index (χ1) is 21.6. The Morgan fingerprint density at radius 3 is 2.11 bits per heavy atom. The van der Waals surface area contributed by atoms with Crippen LogP contribution in [0.15, 0.2) is 60.0 Å². The third-order valence-electron chi connectivity index (χ3n) is 9.30. The first kappa shape index (κ1) is 36.3. The molecule has 1 aliphatic rings. The monoisotopic (exact) mass is 615 g/mol. The Labute approximate surface area is 273 Å². The molecule has 1 N–H and O–H groups in total. The standard InChI is InChI=1S/C40H58N2O3/c1-7-8-9-10-11-12-13-14-15-16-17-18-25-45-38-20-19-36(26-37(38)35(6)43)27-39(44)41-40(23-21-31(2)33(4)28-40)30-42-24-22-32(3)34(5)29-42/h19-24,26,29H,7-18,25,27-28,30H2,1-6H3/p+1. The number of carbonyl (C=O) groups is 2. The molecule has 0 saturated carbocycles. The number of allylic oxidation sites excluding steroid dienone is 2. The summed E-state index contributed by atoms with van der Waals surface area (Å²) in [5, 5.41) is 3.36. The molecule has 1 aromatic heterocycles. The highest BCUT2D eigenvalue weighted by atomic mass is 16.5. The van der Waals surface area contributed by atoms with Gasteiger partial charge < -0.3 is 10.1 Å². The maximum Gasteiger partial charge on any atom is 0.225 e. The van der Waals surface area contributed by atoms with Crippen LogP contribution in [0, 0.1) is 13.8 Å².